The molecule has 4 rings (SSSR count). The van der Waals surface area contributed by atoms with E-state index in [-0.39, 0.29) is 5.91 Å². The fourth-order valence-corrected chi connectivity index (χ4v) is 4.56. The Balaban J connectivity index is 1.58. The summed E-state index contributed by atoms with van der Waals surface area (Å²) in [7, 11) is 0. The van der Waals surface area contributed by atoms with Gasteiger partial charge in [-0.05, 0) is 25.3 Å². The van der Waals surface area contributed by atoms with Crippen molar-refractivity contribution in [1.82, 2.24) is 14.9 Å². The summed E-state index contributed by atoms with van der Waals surface area (Å²) in [6.45, 7) is 4.51. The molecule has 2 aromatic heterocycles. The Morgan fingerprint density at radius 1 is 1.19 bits per heavy atom. The van der Waals surface area contributed by atoms with Gasteiger partial charge in [0.25, 0.3) is 0 Å². The molecule has 1 N–H and O–H groups in total. The smallest absolute Gasteiger partial charge is 0.224 e. The minimum atomic E-state index is 0.227. The molecule has 1 saturated heterocycles. The number of hydrogen-bond donors (Lipinski definition) is 1. The number of amides is 1. The van der Waals surface area contributed by atoms with Gasteiger partial charge in [0.1, 0.15) is 17.0 Å². The van der Waals surface area contributed by atoms with Crippen molar-refractivity contribution in [2.24, 2.45) is 0 Å². The number of likely N-dealkylation sites (tertiary alicyclic amines) is 1. The third kappa shape index (κ3) is 3.29. The first-order valence-electron chi connectivity index (χ1n) is 9.05. The van der Waals surface area contributed by atoms with Crippen LogP contribution >= 0.6 is 11.3 Å². The van der Waals surface area contributed by atoms with Crippen LogP contribution in [0.2, 0.25) is 0 Å². The molecule has 26 heavy (non-hydrogen) atoms. The van der Waals surface area contributed by atoms with Gasteiger partial charge in [-0.1, -0.05) is 30.3 Å². The second-order valence-electron chi connectivity index (χ2n) is 6.57. The van der Waals surface area contributed by atoms with Gasteiger partial charge in [0.05, 0.1) is 5.39 Å². The van der Waals surface area contributed by atoms with Crippen molar-refractivity contribution >= 4 is 33.3 Å². The molecule has 0 radical (unpaired) electrons. The summed E-state index contributed by atoms with van der Waals surface area (Å²) < 4.78 is 0. The van der Waals surface area contributed by atoms with Crippen LogP contribution in [0.3, 0.4) is 0 Å². The largest absolute Gasteiger partial charge is 0.369 e. The molecule has 1 aromatic carbocycles. The number of aryl methyl sites for hydroxylation is 1. The molecule has 5 nitrogen and oxygen atoms in total. The molecule has 1 aliphatic rings. The number of aromatic nitrogens is 2. The average molecular weight is 366 g/mol. The maximum atomic E-state index is 12.2. The van der Waals surface area contributed by atoms with Gasteiger partial charge in [0.2, 0.25) is 5.91 Å². The number of fused-ring (bicyclic) bond motifs is 1. The lowest BCUT2D eigenvalue weighted by Gasteiger charge is -2.15. The molecular weight excluding hydrogens is 344 g/mol. The molecule has 3 heterocycles. The van der Waals surface area contributed by atoms with Crippen molar-refractivity contribution in [3.05, 3.63) is 41.5 Å². The minimum absolute atomic E-state index is 0.227. The summed E-state index contributed by atoms with van der Waals surface area (Å²) in [5, 5.41) is 4.42. The zero-order valence-electron chi connectivity index (χ0n) is 14.9. The molecule has 0 atom stereocenters. The number of anilines is 1. The van der Waals surface area contributed by atoms with E-state index >= 15 is 0 Å². The zero-order valence-corrected chi connectivity index (χ0v) is 15.7. The van der Waals surface area contributed by atoms with E-state index in [2.05, 4.69) is 34.3 Å². The molecule has 1 fully saturated rings. The third-order valence-corrected chi connectivity index (χ3v) is 5.83. The first kappa shape index (κ1) is 17.0. The summed E-state index contributed by atoms with van der Waals surface area (Å²) in [5.74, 6) is 1.04. The average Bonchev–Trinajstić information content (AvgIpc) is 3.30. The monoisotopic (exact) mass is 366 g/mol. The van der Waals surface area contributed by atoms with Gasteiger partial charge in [-0.25, -0.2) is 9.97 Å². The van der Waals surface area contributed by atoms with Crippen molar-refractivity contribution < 1.29 is 4.79 Å². The first-order valence-corrected chi connectivity index (χ1v) is 9.87. The summed E-state index contributed by atoms with van der Waals surface area (Å²) >= 11 is 1.68. The van der Waals surface area contributed by atoms with Crippen molar-refractivity contribution in [3.8, 4) is 11.1 Å². The van der Waals surface area contributed by atoms with Crippen LogP contribution in [0.1, 0.15) is 24.1 Å². The molecule has 3 aromatic rings. The lowest BCUT2D eigenvalue weighted by Crippen LogP contribution is -2.29. The van der Waals surface area contributed by atoms with Gasteiger partial charge < -0.3 is 10.2 Å². The molecule has 0 spiro atoms. The Hall–Kier alpha value is -2.47. The number of thiophene rings is 1. The van der Waals surface area contributed by atoms with E-state index in [1.165, 1.54) is 16.0 Å². The Kier molecular flexibility index (Phi) is 4.84. The number of nitrogens with zero attached hydrogens (tertiary/aromatic N) is 3. The molecule has 0 saturated carbocycles. The lowest BCUT2D eigenvalue weighted by atomic mass is 10.0. The highest BCUT2D eigenvalue weighted by atomic mass is 32.1. The predicted octanol–water partition coefficient (Wildman–Crippen LogP) is 4.09. The van der Waals surface area contributed by atoms with Crippen LogP contribution in [-0.2, 0) is 4.79 Å². The summed E-state index contributed by atoms with van der Waals surface area (Å²) in [6.07, 6.45) is 4.34. The van der Waals surface area contributed by atoms with Crippen molar-refractivity contribution in [2.45, 2.75) is 26.2 Å². The summed E-state index contributed by atoms with van der Waals surface area (Å²) in [4.78, 5) is 25.3. The van der Waals surface area contributed by atoms with Crippen LogP contribution in [0.15, 0.2) is 36.7 Å². The van der Waals surface area contributed by atoms with Crippen LogP contribution in [-0.4, -0.2) is 40.4 Å². The Morgan fingerprint density at radius 2 is 1.96 bits per heavy atom. The maximum absolute atomic E-state index is 12.2. The normalized spacial score (nSPS) is 14.1. The van der Waals surface area contributed by atoms with E-state index in [0.29, 0.717) is 13.0 Å². The molecular formula is C20H22N4OS. The Labute approximate surface area is 157 Å². The highest BCUT2D eigenvalue weighted by Gasteiger charge is 2.19. The number of carbonyl (C=O) groups excluding carboxylic acids is 1. The predicted molar refractivity (Wildman–Crippen MR) is 107 cm³/mol. The van der Waals surface area contributed by atoms with E-state index in [1.807, 2.05) is 23.1 Å². The quantitative estimate of drug-likeness (QED) is 0.739. The minimum Gasteiger partial charge on any atom is -0.369 e. The van der Waals surface area contributed by atoms with E-state index in [9.17, 15) is 4.79 Å². The van der Waals surface area contributed by atoms with Crippen LogP contribution in [0.4, 0.5) is 5.82 Å². The summed E-state index contributed by atoms with van der Waals surface area (Å²) in [6, 6.07) is 10.3. The van der Waals surface area contributed by atoms with Gasteiger partial charge in [0.15, 0.2) is 0 Å². The number of rotatable bonds is 5. The standard InChI is InChI=1S/C20H22N4OS/c1-14-17(15-7-3-2-4-8-15)18-19(22-13-23-20(18)26-14)21-10-9-16(25)24-11-5-6-12-24/h2-4,7-8,13H,5-6,9-12H2,1H3,(H,21,22,23). The first-order chi connectivity index (χ1) is 12.7. The number of carbonyl (C=O) groups is 1. The second-order valence-corrected chi connectivity index (χ2v) is 7.77. The molecule has 1 aliphatic heterocycles. The molecule has 0 unspecified atom stereocenters. The zero-order chi connectivity index (χ0) is 17.9. The van der Waals surface area contributed by atoms with E-state index < -0.39 is 0 Å². The van der Waals surface area contributed by atoms with E-state index in [1.54, 1.807) is 17.7 Å². The van der Waals surface area contributed by atoms with Crippen molar-refractivity contribution in [2.75, 3.05) is 25.0 Å². The highest BCUT2D eigenvalue weighted by molar-refractivity contribution is 7.19. The number of hydrogen-bond acceptors (Lipinski definition) is 5. The van der Waals surface area contributed by atoms with E-state index in [0.717, 1.165) is 42.0 Å². The van der Waals surface area contributed by atoms with Crippen LogP contribution < -0.4 is 5.32 Å². The SMILES string of the molecule is Cc1sc2ncnc(NCCC(=O)N3CCCC3)c2c1-c1ccccc1. The number of benzene rings is 1. The van der Waals surface area contributed by atoms with Gasteiger partial charge in [-0.3, -0.25) is 4.79 Å². The molecule has 0 bridgehead atoms. The maximum Gasteiger partial charge on any atom is 0.224 e. The van der Waals surface area contributed by atoms with Crippen molar-refractivity contribution in [3.63, 3.8) is 0 Å². The Morgan fingerprint density at radius 3 is 2.73 bits per heavy atom. The fourth-order valence-electron chi connectivity index (χ4n) is 3.54. The summed E-state index contributed by atoms with van der Waals surface area (Å²) in [5.41, 5.74) is 2.35. The molecule has 6 heteroatoms. The second kappa shape index (κ2) is 7.41. The van der Waals surface area contributed by atoms with Gasteiger partial charge >= 0.3 is 0 Å². The van der Waals surface area contributed by atoms with Crippen molar-refractivity contribution in [1.29, 1.82) is 0 Å². The van der Waals surface area contributed by atoms with Gasteiger partial charge in [-0.2, -0.15) is 0 Å². The van der Waals surface area contributed by atoms with Gasteiger partial charge in [0, 0.05) is 36.5 Å². The molecule has 134 valence electrons. The number of nitrogens with one attached hydrogen (secondary N) is 1. The van der Waals surface area contributed by atoms with Crippen LogP contribution in [0.25, 0.3) is 21.3 Å². The fraction of sp³-hybridized carbons (Fsp3) is 0.350. The van der Waals surface area contributed by atoms with Crippen LogP contribution in [0, 0.1) is 6.92 Å². The highest BCUT2D eigenvalue weighted by Crippen LogP contribution is 2.40. The third-order valence-electron chi connectivity index (χ3n) is 4.82. The van der Waals surface area contributed by atoms with Gasteiger partial charge in [-0.15, -0.1) is 11.3 Å². The molecule has 1 amide bonds. The van der Waals surface area contributed by atoms with Crippen LogP contribution in [0.5, 0.6) is 0 Å². The lowest BCUT2D eigenvalue weighted by molar-refractivity contribution is -0.129. The Bertz CT molecular complexity index is 916. The van der Waals surface area contributed by atoms with E-state index in [4.69, 9.17) is 0 Å². The topological polar surface area (TPSA) is 58.1 Å². The molecule has 0 aliphatic carbocycles.